The van der Waals surface area contributed by atoms with Crippen molar-refractivity contribution in [3.63, 3.8) is 0 Å². The Bertz CT molecular complexity index is 367. The molecule has 1 unspecified atom stereocenters. The molecular formula is C16H27NO2. The number of benzene rings is 1. The monoisotopic (exact) mass is 265 g/mol. The molecule has 108 valence electrons. The van der Waals surface area contributed by atoms with Crippen LogP contribution in [0.2, 0.25) is 0 Å². The fraction of sp³-hybridized carbons (Fsp3) is 0.625. The van der Waals surface area contributed by atoms with Crippen LogP contribution in [0.1, 0.15) is 45.7 Å². The second-order valence-electron chi connectivity index (χ2n) is 5.63. The molecule has 0 aliphatic carbocycles. The van der Waals surface area contributed by atoms with Gasteiger partial charge in [0.25, 0.3) is 0 Å². The minimum atomic E-state index is -0.107. The molecule has 3 heteroatoms. The number of nitrogens with one attached hydrogen (secondary N) is 1. The zero-order valence-electron chi connectivity index (χ0n) is 12.8. The van der Waals surface area contributed by atoms with Gasteiger partial charge in [0, 0.05) is 6.04 Å². The van der Waals surface area contributed by atoms with Gasteiger partial charge in [0.05, 0.1) is 12.2 Å². The van der Waals surface area contributed by atoms with E-state index in [2.05, 4.69) is 24.4 Å². The van der Waals surface area contributed by atoms with Gasteiger partial charge in [-0.3, -0.25) is 0 Å². The molecule has 0 spiro atoms. The Kier molecular flexibility index (Phi) is 6.32. The Morgan fingerprint density at radius 3 is 2.53 bits per heavy atom. The fourth-order valence-electron chi connectivity index (χ4n) is 1.93. The predicted octanol–water partition coefficient (Wildman–Crippen LogP) is 3.55. The lowest BCUT2D eigenvalue weighted by Gasteiger charge is -2.20. The van der Waals surface area contributed by atoms with Gasteiger partial charge in [0.2, 0.25) is 0 Å². The Hall–Kier alpha value is -1.06. The number of ether oxygens (including phenoxy) is 2. The zero-order chi connectivity index (χ0) is 14.3. The van der Waals surface area contributed by atoms with Crippen molar-refractivity contribution in [3.05, 3.63) is 29.8 Å². The topological polar surface area (TPSA) is 30.5 Å². The molecule has 0 aliphatic heterocycles. The molecule has 1 aromatic carbocycles. The molecule has 19 heavy (non-hydrogen) atoms. The molecule has 0 saturated heterocycles. The first-order chi connectivity index (χ1) is 8.96. The predicted molar refractivity (Wildman–Crippen MR) is 79.7 cm³/mol. The van der Waals surface area contributed by atoms with Crippen LogP contribution in [-0.4, -0.2) is 25.9 Å². The van der Waals surface area contributed by atoms with Gasteiger partial charge in [-0.1, -0.05) is 19.1 Å². The van der Waals surface area contributed by atoms with Crippen molar-refractivity contribution in [2.24, 2.45) is 0 Å². The third kappa shape index (κ3) is 6.08. The quantitative estimate of drug-likeness (QED) is 0.765. The second-order valence-corrected chi connectivity index (χ2v) is 5.63. The average molecular weight is 265 g/mol. The summed E-state index contributed by atoms with van der Waals surface area (Å²) in [7, 11) is 1.98. The van der Waals surface area contributed by atoms with E-state index in [-0.39, 0.29) is 5.60 Å². The van der Waals surface area contributed by atoms with Gasteiger partial charge in [-0.15, -0.1) is 0 Å². The standard InChI is InChI=1S/C16H27NO2/c1-6-15(17-5)13-8-7-9-14(12-13)18-10-11-19-16(2,3)4/h7-9,12,15,17H,6,10-11H2,1-5H3. The third-order valence-electron chi connectivity index (χ3n) is 2.90. The number of hydrogen-bond donors (Lipinski definition) is 1. The summed E-state index contributed by atoms with van der Waals surface area (Å²) in [5, 5.41) is 3.30. The Labute approximate surface area is 117 Å². The molecule has 0 aromatic heterocycles. The minimum absolute atomic E-state index is 0.107. The molecule has 1 aromatic rings. The molecule has 1 atom stereocenters. The summed E-state index contributed by atoms with van der Waals surface area (Å²) in [5.41, 5.74) is 1.16. The van der Waals surface area contributed by atoms with Gasteiger partial charge in [0.1, 0.15) is 12.4 Å². The molecule has 0 aliphatic rings. The van der Waals surface area contributed by atoms with Crippen LogP contribution in [0, 0.1) is 0 Å². The van der Waals surface area contributed by atoms with Gasteiger partial charge in [-0.05, 0) is 51.9 Å². The van der Waals surface area contributed by atoms with E-state index in [0.29, 0.717) is 19.3 Å². The van der Waals surface area contributed by atoms with E-state index >= 15 is 0 Å². The minimum Gasteiger partial charge on any atom is -0.491 e. The maximum atomic E-state index is 5.73. The fourth-order valence-corrected chi connectivity index (χ4v) is 1.93. The average Bonchev–Trinajstić information content (AvgIpc) is 2.36. The van der Waals surface area contributed by atoms with E-state index in [9.17, 15) is 0 Å². The smallest absolute Gasteiger partial charge is 0.119 e. The molecule has 0 bridgehead atoms. The van der Waals surface area contributed by atoms with Gasteiger partial charge in [0.15, 0.2) is 0 Å². The van der Waals surface area contributed by atoms with Crippen molar-refractivity contribution in [3.8, 4) is 5.75 Å². The van der Waals surface area contributed by atoms with Crippen LogP contribution >= 0.6 is 0 Å². The highest BCUT2D eigenvalue weighted by molar-refractivity contribution is 5.30. The van der Waals surface area contributed by atoms with Gasteiger partial charge < -0.3 is 14.8 Å². The Morgan fingerprint density at radius 2 is 1.95 bits per heavy atom. The summed E-state index contributed by atoms with van der Waals surface area (Å²) in [6.07, 6.45) is 1.06. The van der Waals surface area contributed by atoms with Crippen molar-refractivity contribution >= 4 is 0 Å². The van der Waals surface area contributed by atoms with E-state index in [1.165, 1.54) is 5.56 Å². The SMILES string of the molecule is CCC(NC)c1cccc(OCCOC(C)(C)C)c1. The highest BCUT2D eigenvalue weighted by Gasteiger charge is 2.10. The highest BCUT2D eigenvalue weighted by atomic mass is 16.5. The van der Waals surface area contributed by atoms with Crippen molar-refractivity contribution in [2.75, 3.05) is 20.3 Å². The van der Waals surface area contributed by atoms with Crippen LogP contribution < -0.4 is 10.1 Å². The first-order valence-corrected chi connectivity index (χ1v) is 7.00. The largest absolute Gasteiger partial charge is 0.491 e. The lowest BCUT2D eigenvalue weighted by Crippen LogP contribution is -2.22. The van der Waals surface area contributed by atoms with Gasteiger partial charge in [-0.25, -0.2) is 0 Å². The van der Waals surface area contributed by atoms with Crippen LogP contribution in [0.5, 0.6) is 5.75 Å². The van der Waals surface area contributed by atoms with Crippen molar-refractivity contribution in [2.45, 2.75) is 45.8 Å². The van der Waals surface area contributed by atoms with Gasteiger partial charge in [-0.2, -0.15) is 0 Å². The first-order valence-electron chi connectivity index (χ1n) is 7.00. The second kappa shape index (κ2) is 7.51. The molecule has 1 N–H and O–H groups in total. The van der Waals surface area contributed by atoms with Crippen LogP contribution in [0.15, 0.2) is 24.3 Å². The van der Waals surface area contributed by atoms with Crippen LogP contribution in [0.25, 0.3) is 0 Å². The maximum Gasteiger partial charge on any atom is 0.119 e. The molecule has 0 fully saturated rings. The summed E-state index contributed by atoms with van der Waals surface area (Å²) in [6, 6.07) is 8.64. The van der Waals surface area contributed by atoms with E-state index in [4.69, 9.17) is 9.47 Å². The lowest BCUT2D eigenvalue weighted by atomic mass is 10.0. The van der Waals surface area contributed by atoms with E-state index in [1.54, 1.807) is 0 Å². The summed E-state index contributed by atoms with van der Waals surface area (Å²) in [4.78, 5) is 0. The van der Waals surface area contributed by atoms with Crippen molar-refractivity contribution < 1.29 is 9.47 Å². The Morgan fingerprint density at radius 1 is 1.21 bits per heavy atom. The van der Waals surface area contributed by atoms with Crippen LogP contribution in [0.3, 0.4) is 0 Å². The third-order valence-corrected chi connectivity index (χ3v) is 2.90. The Balaban J connectivity index is 2.48. The molecule has 3 nitrogen and oxygen atoms in total. The molecule has 0 radical (unpaired) electrons. The summed E-state index contributed by atoms with van der Waals surface area (Å²) >= 11 is 0. The highest BCUT2D eigenvalue weighted by Crippen LogP contribution is 2.21. The van der Waals surface area contributed by atoms with Gasteiger partial charge >= 0.3 is 0 Å². The summed E-state index contributed by atoms with van der Waals surface area (Å²) in [5.74, 6) is 0.906. The molecular weight excluding hydrogens is 238 g/mol. The molecule has 0 saturated carbocycles. The summed E-state index contributed by atoms with van der Waals surface area (Å²) in [6.45, 7) is 9.51. The number of rotatable bonds is 7. The van der Waals surface area contributed by atoms with Crippen LogP contribution in [-0.2, 0) is 4.74 Å². The normalized spacial score (nSPS) is 13.3. The van der Waals surface area contributed by atoms with Crippen molar-refractivity contribution in [1.82, 2.24) is 5.32 Å². The van der Waals surface area contributed by atoms with E-state index in [0.717, 1.165) is 12.2 Å². The lowest BCUT2D eigenvalue weighted by molar-refractivity contribution is -0.0163. The molecule has 1 rings (SSSR count). The number of hydrogen-bond acceptors (Lipinski definition) is 3. The summed E-state index contributed by atoms with van der Waals surface area (Å²) < 4.78 is 11.4. The molecule has 0 heterocycles. The van der Waals surface area contributed by atoms with E-state index < -0.39 is 0 Å². The zero-order valence-corrected chi connectivity index (χ0v) is 12.8. The van der Waals surface area contributed by atoms with Crippen LogP contribution in [0.4, 0.5) is 0 Å². The first kappa shape index (κ1) is 16.0. The van der Waals surface area contributed by atoms with Crippen molar-refractivity contribution in [1.29, 1.82) is 0 Å². The molecule has 0 amide bonds. The van der Waals surface area contributed by atoms with E-state index in [1.807, 2.05) is 40.0 Å². The maximum absolute atomic E-state index is 5.73.